The van der Waals surface area contributed by atoms with Gasteiger partial charge < -0.3 is 25.5 Å². The van der Waals surface area contributed by atoms with E-state index in [0.29, 0.717) is 33.1 Å². The first-order chi connectivity index (χ1) is 16.4. The van der Waals surface area contributed by atoms with Gasteiger partial charge in [0.15, 0.2) is 0 Å². The maximum absolute atomic E-state index is 14.1. The number of amides is 1. The minimum atomic E-state index is -1.74. The third-order valence-corrected chi connectivity index (χ3v) is 6.51. The van der Waals surface area contributed by atoms with E-state index in [1.54, 1.807) is 72.8 Å². The summed E-state index contributed by atoms with van der Waals surface area (Å²) in [6.45, 7) is 0. The maximum Gasteiger partial charge on any atom is 0.352 e. The van der Waals surface area contributed by atoms with E-state index < -0.39 is 23.3 Å². The van der Waals surface area contributed by atoms with Gasteiger partial charge in [-0.2, -0.15) is 0 Å². The number of fused-ring (bicyclic) bond motifs is 3. The van der Waals surface area contributed by atoms with Crippen molar-refractivity contribution in [1.29, 1.82) is 0 Å². The van der Waals surface area contributed by atoms with Gasteiger partial charge in [-0.05, 0) is 18.2 Å². The highest BCUT2D eigenvalue weighted by molar-refractivity contribution is 6.19. The zero-order valence-corrected chi connectivity index (χ0v) is 17.5. The Morgan fingerprint density at radius 3 is 1.68 bits per heavy atom. The number of H-pyrrole nitrogens is 2. The van der Waals surface area contributed by atoms with Crippen molar-refractivity contribution in [1.82, 2.24) is 9.97 Å². The molecule has 0 bridgehead atoms. The van der Waals surface area contributed by atoms with Crippen molar-refractivity contribution in [3.05, 3.63) is 101 Å². The Labute approximate surface area is 191 Å². The molecule has 8 nitrogen and oxygen atoms in total. The van der Waals surface area contributed by atoms with Crippen molar-refractivity contribution in [3.63, 3.8) is 0 Å². The summed E-state index contributed by atoms with van der Waals surface area (Å²) in [6.07, 6.45) is 0. The highest BCUT2D eigenvalue weighted by Gasteiger charge is 2.55. The van der Waals surface area contributed by atoms with Crippen molar-refractivity contribution < 1.29 is 24.6 Å². The highest BCUT2D eigenvalue weighted by Crippen LogP contribution is 2.53. The van der Waals surface area contributed by atoms with Gasteiger partial charge in [-0.3, -0.25) is 4.79 Å². The predicted octanol–water partition coefficient (Wildman–Crippen LogP) is 4.33. The third-order valence-electron chi connectivity index (χ3n) is 6.51. The fraction of sp³-hybridized carbons (Fsp3) is 0.0385. The second-order valence-electron chi connectivity index (χ2n) is 8.20. The SMILES string of the molecule is O=C(O)c1[nH]c2ccccc2c1C1(c2c(C(=O)O)[nH]c3ccccc23)C(=O)Nc2ccccc21. The van der Waals surface area contributed by atoms with Gasteiger partial charge in [-0.1, -0.05) is 54.6 Å². The normalized spacial score (nSPS) is 14.3. The van der Waals surface area contributed by atoms with E-state index in [0.717, 1.165) is 0 Å². The van der Waals surface area contributed by atoms with Crippen LogP contribution >= 0.6 is 0 Å². The molecule has 6 rings (SSSR count). The fourth-order valence-corrected chi connectivity index (χ4v) is 5.26. The van der Waals surface area contributed by atoms with Gasteiger partial charge in [0.2, 0.25) is 5.91 Å². The Hall–Kier alpha value is -4.85. The standard InChI is InChI=1S/C26H17N3O5/c30-23(31)21-19(13-7-1-4-10-16(13)27-21)26(15-9-3-6-12-18(15)29-25(26)34)20-14-8-2-5-11-17(14)28-22(20)24(32)33/h1-12,27-28H,(H,29,34)(H,30,31)(H,32,33). The molecule has 0 radical (unpaired) electrons. The molecule has 5 N–H and O–H groups in total. The molecule has 3 aromatic carbocycles. The van der Waals surface area contributed by atoms with Crippen molar-refractivity contribution in [2.75, 3.05) is 5.32 Å². The maximum atomic E-state index is 14.1. The van der Waals surface area contributed by atoms with E-state index in [-0.39, 0.29) is 22.5 Å². The van der Waals surface area contributed by atoms with Gasteiger partial charge in [0.1, 0.15) is 16.8 Å². The van der Waals surface area contributed by atoms with Gasteiger partial charge in [0, 0.05) is 44.2 Å². The lowest BCUT2D eigenvalue weighted by Gasteiger charge is -2.29. The molecule has 0 unspecified atom stereocenters. The Kier molecular flexibility index (Phi) is 3.97. The first-order valence-corrected chi connectivity index (χ1v) is 10.5. The van der Waals surface area contributed by atoms with Gasteiger partial charge in [0.05, 0.1) is 0 Å². The van der Waals surface area contributed by atoms with Crippen LogP contribution in [-0.2, 0) is 10.2 Å². The van der Waals surface area contributed by atoms with Crippen LogP contribution in [0.15, 0.2) is 72.8 Å². The average Bonchev–Trinajstić information content (AvgIpc) is 3.49. The Morgan fingerprint density at radius 1 is 0.676 bits per heavy atom. The molecule has 2 aromatic heterocycles. The van der Waals surface area contributed by atoms with E-state index in [4.69, 9.17) is 0 Å². The van der Waals surface area contributed by atoms with Crippen LogP contribution in [0, 0.1) is 0 Å². The van der Waals surface area contributed by atoms with Gasteiger partial charge in [-0.15, -0.1) is 0 Å². The van der Waals surface area contributed by atoms with Crippen molar-refractivity contribution in [2.24, 2.45) is 0 Å². The molecule has 8 heteroatoms. The summed E-state index contributed by atoms with van der Waals surface area (Å²) in [5.74, 6) is -3.02. The quantitative estimate of drug-likeness (QED) is 0.277. The van der Waals surface area contributed by atoms with E-state index in [1.165, 1.54) is 0 Å². The molecule has 1 amide bonds. The van der Waals surface area contributed by atoms with Crippen LogP contribution in [0.4, 0.5) is 5.69 Å². The summed E-state index contributed by atoms with van der Waals surface area (Å²) < 4.78 is 0. The van der Waals surface area contributed by atoms with E-state index in [1.807, 2.05) is 0 Å². The topological polar surface area (TPSA) is 135 Å². The van der Waals surface area contributed by atoms with E-state index in [9.17, 15) is 24.6 Å². The molecule has 166 valence electrons. The molecule has 0 aliphatic carbocycles. The van der Waals surface area contributed by atoms with Crippen LogP contribution in [-0.4, -0.2) is 38.0 Å². The minimum absolute atomic E-state index is 0.172. The number of carboxylic acid groups (broad SMARTS) is 2. The zero-order chi connectivity index (χ0) is 23.6. The summed E-state index contributed by atoms with van der Waals surface area (Å²) in [6, 6.07) is 20.9. The molecule has 0 spiro atoms. The summed E-state index contributed by atoms with van der Waals surface area (Å²) >= 11 is 0. The number of aromatic amines is 2. The number of para-hydroxylation sites is 3. The van der Waals surface area contributed by atoms with E-state index in [2.05, 4.69) is 15.3 Å². The second-order valence-corrected chi connectivity index (χ2v) is 8.20. The lowest BCUT2D eigenvalue weighted by atomic mass is 9.68. The molecule has 5 aromatic rings. The molecule has 0 atom stereocenters. The van der Waals surface area contributed by atoms with Gasteiger partial charge >= 0.3 is 11.9 Å². The first kappa shape index (κ1) is 19.8. The number of benzene rings is 3. The molecule has 34 heavy (non-hydrogen) atoms. The Bertz CT molecular complexity index is 1580. The predicted molar refractivity (Wildman–Crippen MR) is 125 cm³/mol. The van der Waals surface area contributed by atoms with Gasteiger partial charge in [-0.25, -0.2) is 9.59 Å². The fourth-order valence-electron chi connectivity index (χ4n) is 5.26. The lowest BCUT2D eigenvalue weighted by molar-refractivity contribution is -0.118. The third kappa shape index (κ3) is 2.39. The molecular formula is C26H17N3O5. The molecule has 1 aliphatic rings. The highest BCUT2D eigenvalue weighted by atomic mass is 16.4. The van der Waals surface area contributed by atoms with Crippen LogP contribution in [0.2, 0.25) is 0 Å². The summed E-state index contributed by atoms with van der Waals surface area (Å²) in [5.41, 5.74) is 0.360. The average molecular weight is 451 g/mol. The van der Waals surface area contributed by atoms with Crippen LogP contribution in [0.5, 0.6) is 0 Å². The number of carbonyl (C=O) groups excluding carboxylic acids is 1. The number of hydrogen-bond acceptors (Lipinski definition) is 3. The van der Waals surface area contributed by atoms with Crippen LogP contribution in [0.3, 0.4) is 0 Å². The van der Waals surface area contributed by atoms with Crippen LogP contribution in [0.25, 0.3) is 21.8 Å². The Morgan fingerprint density at radius 2 is 1.15 bits per heavy atom. The second kappa shape index (κ2) is 6.82. The molecule has 0 saturated carbocycles. The molecule has 0 fully saturated rings. The number of hydrogen-bond donors (Lipinski definition) is 5. The van der Waals surface area contributed by atoms with Gasteiger partial charge in [0.25, 0.3) is 0 Å². The Balaban J connectivity index is 1.90. The van der Waals surface area contributed by atoms with Crippen LogP contribution < -0.4 is 5.32 Å². The summed E-state index contributed by atoms with van der Waals surface area (Å²) in [5, 5.41) is 24.3. The van der Waals surface area contributed by atoms with Crippen molar-refractivity contribution in [2.45, 2.75) is 5.41 Å². The number of rotatable bonds is 4. The monoisotopic (exact) mass is 451 g/mol. The van der Waals surface area contributed by atoms with E-state index >= 15 is 0 Å². The summed E-state index contributed by atoms with van der Waals surface area (Å²) in [4.78, 5) is 44.9. The molecular weight excluding hydrogens is 434 g/mol. The number of aromatic carboxylic acids is 2. The van der Waals surface area contributed by atoms with Crippen molar-refractivity contribution >= 4 is 45.3 Å². The molecule has 1 aliphatic heterocycles. The zero-order valence-electron chi connectivity index (χ0n) is 17.5. The first-order valence-electron chi connectivity index (χ1n) is 10.5. The number of anilines is 1. The smallest absolute Gasteiger partial charge is 0.352 e. The lowest BCUT2D eigenvalue weighted by Crippen LogP contribution is -2.39. The molecule has 3 heterocycles. The number of carbonyl (C=O) groups is 3. The summed E-state index contributed by atoms with van der Waals surface area (Å²) in [7, 11) is 0. The largest absolute Gasteiger partial charge is 0.477 e. The number of carboxylic acids is 2. The van der Waals surface area contributed by atoms with Crippen molar-refractivity contribution in [3.8, 4) is 0 Å². The number of nitrogens with one attached hydrogen (secondary N) is 3. The molecule has 0 saturated heterocycles. The van der Waals surface area contributed by atoms with Crippen LogP contribution in [0.1, 0.15) is 37.7 Å². The number of aromatic nitrogens is 2. The minimum Gasteiger partial charge on any atom is -0.477 e.